The Balaban J connectivity index is 2.78. The Labute approximate surface area is 129 Å². The molecule has 0 saturated carbocycles. The molecule has 1 unspecified atom stereocenters. The van der Waals surface area contributed by atoms with Crippen molar-refractivity contribution in [1.82, 2.24) is 0 Å². The molecule has 0 aliphatic rings. The van der Waals surface area contributed by atoms with Crippen LogP contribution in [-0.2, 0) is 10.0 Å². The van der Waals surface area contributed by atoms with Crippen LogP contribution in [0.3, 0.4) is 0 Å². The Morgan fingerprint density at radius 2 is 1.95 bits per heavy atom. The van der Waals surface area contributed by atoms with Gasteiger partial charge in [-0.2, -0.15) is 0 Å². The summed E-state index contributed by atoms with van der Waals surface area (Å²) in [7, 11) is -3.51. The highest BCUT2D eigenvalue weighted by Crippen LogP contribution is 2.28. The van der Waals surface area contributed by atoms with E-state index < -0.39 is 10.0 Å². The lowest BCUT2D eigenvalue weighted by Gasteiger charge is -2.29. The van der Waals surface area contributed by atoms with Gasteiger partial charge >= 0.3 is 0 Å². The van der Waals surface area contributed by atoms with Crippen molar-refractivity contribution < 1.29 is 13.2 Å². The van der Waals surface area contributed by atoms with Crippen LogP contribution in [0, 0.1) is 18.3 Å². The van der Waals surface area contributed by atoms with Gasteiger partial charge in [0.15, 0.2) is 0 Å². The second-order valence-electron chi connectivity index (χ2n) is 6.11. The first-order valence-electron chi connectivity index (χ1n) is 6.38. The van der Waals surface area contributed by atoms with Gasteiger partial charge in [0.2, 0.25) is 10.0 Å². The Hall–Kier alpha value is -0.590. The van der Waals surface area contributed by atoms with Crippen LogP contribution in [0.25, 0.3) is 0 Å². The highest BCUT2D eigenvalue weighted by Gasteiger charge is 2.29. The van der Waals surface area contributed by atoms with Gasteiger partial charge in [0.05, 0.1) is 12.4 Å². The van der Waals surface area contributed by atoms with Crippen molar-refractivity contribution in [2.24, 2.45) is 16.5 Å². The average molecular weight is 364 g/mol. The molecule has 1 rings (SSSR count). The Kier molecular flexibility index (Phi) is 5.63. The van der Waals surface area contributed by atoms with Crippen LogP contribution in [0.5, 0.6) is 5.75 Å². The maximum atomic E-state index is 11.3. The number of ether oxygens (including phenoxy) is 1. The number of sulfonamides is 1. The minimum atomic E-state index is -3.51. The van der Waals surface area contributed by atoms with Gasteiger partial charge in [0, 0.05) is 10.4 Å². The largest absolute Gasteiger partial charge is 0.493 e. The molecule has 0 heterocycles. The standard InChI is InChI=1S/C14H22BrNO3S/c1-10-7-12(5-6-13(10)15)19-8-11(14(2,3)4)9-20(16,17)18/h5-7,11H,8-9H2,1-4H3,(H2,16,17,18). The number of aryl methyl sites for hydroxylation is 1. The van der Waals surface area contributed by atoms with E-state index in [0.29, 0.717) is 6.61 Å². The summed E-state index contributed by atoms with van der Waals surface area (Å²) >= 11 is 3.43. The SMILES string of the molecule is Cc1cc(OCC(CS(N)(=O)=O)C(C)(C)C)ccc1Br. The minimum absolute atomic E-state index is 0.0774. The van der Waals surface area contributed by atoms with Crippen molar-refractivity contribution in [3.05, 3.63) is 28.2 Å². The smallest absolute Gasteiger partial charge is 0.209 e. The Bertz CT molecular complexity index is 564. The fourth-order valence-electron chi connectivity index (χ4n) is 1.73. The molecule has 0 bridgehead atoms. The molecule has 1 aromatic carbocycles. The second kappa shape index (κ2) is 6.45. The summed E-state index contributed by atoms with van der Waals surface area (Å²) in [5.41, 5.74) is 0.873. The first-order valence-corrected chi connectivity index (χ1v) is 8.89. The van der Waals surface area contributed by atoms with Crippen molar-refractivity contribution in [1.29, 1.82) is 0 Å². The summed E-state index contributed by atoms with van der Waals surface area (Å²) in [6, 6.07) is 5.69. The molecule has 0 radical (unpaired) electrons. The molecule has 4 nitrogen and oxygen atoms in total. The molecule has 6 heteroatoms. The van der Waals surface area contributed by atoms with Gasteiger partial charge in [-0.15, -0.1) is 0 Å². The third kappa shape index (κ3) is 5.81. The van der Waals surface area contributed by atoms with E-state index in [1.165, 1.54) is 0 Å². The Morgan fingerprint density at radius 3 is 2.40 bits per heavy atom. The van der Waals surface area contributed by atoms with Gasteiger partial charge < -0.3 is 4.74 Å². The van der Waals surface area contributed by atoms with Crippen molar-refractivity contribution >= 4 is 26.0 Å². The maximum Gasteiger partial charge on any atom is 0.209 e. The topological polar surface area (TPSA) is 69.4 Å². The number of halogens is 1. The predicted molar refractivity (Wildman–Crippen MR) is 85.3 cm³/mol. The Morgan fingerprint density at radius 1 is 1.35 bits per heavy atom. The van der Waals surface area contributed by atoms with E-state index in [9.17, 15) is 8.42 Å². The molecule has 0 saturated heterocycles. The first-order chi connectivity index (χ1) is 8.99. The summed E-state index contributed by atoms with van der Waals surface area (Å²) in [6.07, 6.45) is 0. The number of hydrogen-bond acceptors (Lipinski definition) is 3. The zero-order chi connectivity index (χ0) is 15.6. The van der Waals surface area contributed by atoms with E-state index in [0.717, 1.165) is 15.8 Å². The highest BCUT2D eigenvalue weighted by atomic mass is 79.9. The fraction of sp³-hybridized carbons (Fsp3) is 0.571. The number of nitrogens with two attached hydrogens (primary N) is 1. The number of primary sulfonamides is 1. The quantitative estimate of drug-likeness (QED) is 0.873. The van der Waals surface area contributed by atoms with Crippen LogP contribution < -0.4 is 9.88 Å². The van der Waals surface area contributed by atoms with E-state index in [1.807, 2.05) is 45.9 Å². The maximum absolute atomic E-state index is 11.3. The lowest BCUT2D eigenvalue weighted by molar-refractivity contribution is 0.163. The zero-order valence-corrected chi connectivity index (χ0v) is 14.7. The van der Waals surface area contributed by atoms with Gasteiger partial charge in [0.1, 0.15) is 5.75 Å². The monoisotopic (exact) mass is 363 g/mol. The summed E-state index contributed by atoms with van der Waals surface area (Å²) in [6.45, 7) is 8.25. The molecule has 20 heavy (non-hydrogen) atoms. The molecule has 0 aliphatic heterocycles. The van der Waals surface area contributed by atoms with Crippen molar-refractivity contribution in [2.75, 3.05) is 12.4 Å². The van der Waals surface area contributed by atoms with Crippen molar-refractivity contribution in [2.45, 2.75) is 27.7 Å². The molecule has 0 fully saturated rings. The second-order valence-corrected chi connectivity index (χ2v) is 8.63. The van der Waals surface area contributed by atoms with Crippen LogP contribution >= 0.6 is 15.9 Å². The van der Waals surface area contributed by atoms with Crippen molar-refractivity contribution in [3.63, 3.8) is 0 Å². The lowest BCUT2D eigenvalue weighted by Crippen LogP contribution is -2.35. The number of benzene rings is 1. The molecule has 0 aromatic heterocycles. The van der Waals surface area contributed by atoms with Crippen LogP contribution in [0.2, 0.25) is 0 Å². The first kappa shape index (κ1) is 17.5. The predicted octanol–water partition coefficient (Wildman–Crippen LogP) is 3.09. The molecule has 2 N–H and O–H groups in total. The number of rotatable bonds is 5. The average Bonchev–Trinajstić information content (AvgIpc) is 2.26. The molecule has 0 aliphatic carbocycles. The normalized spacial score (nSPS) is 14.1. The van der Waals surface area contributed by atoms with Gasteiger partial charge in [-0.05, 0) is 36.1 Å². The van der Waals surface area contributed by atoms with Gasteiger partial charge in [0.25, 0.3) is 0 Å². The minimum Gasteiger partial charge on any atom is -0.493 e. The van der Waals surface area contributed by atoms with Crippen LogP contribution in [0.15, 0.2) is 22.7 Å². The molecular formula is C14H22BrNO3S. The zero-order valence-electron chi connectivity index (χ0n) is 12.3. The summed E-state index contributed by atoms with van der Waals surface area (Å²) in [5, 5.41) is 5.16. The molecule has 0 spiro atoms. The van der Waals surface area contributed by atoms with E-state index in [-0.39, 0.29) is 17.1 Å². The molecule has 1 aromatic rings. The van der Waals surface area contributed by atoms with Crippen molar-refractivity contribution in [3.8, 4) is 5.75 Å². The fourth-order valence-corrected chi connectivity index (χ4v) is 3.14. The third-order valence-corrected chi connectivity index (χ3v) is 5.00. The van der Waals surface area contributed by atoms with Gasteiger partial charge in [-0.3, -0.25) is 0 Å². The van der Waals surface area contributed by atoms with E-state index in [2.05, 4.69) is 15.9 Å². The number of hydrogen-bond donors (Lipinski definition) is 1. The van der Waals surface area contributed by atoms with E-state index in [1.54, 1.807) is 0 Å². The molecular weight excluding hydrogens is 342 g/mol. The van der Waals surface area contributed by atoms with Gasteiger partial charge in [-0.1, -0.05) is 36.7 Å². The molecule has 1 atom stereocenters. The van der Waals surface area contributed by atoms with Crippen LogP contribution in [-0.4, -0.2) is 20.8 Å². The van der Waals surface area contributed by atoms with Gasteiger partial charge in [-0.25, -0.2) is 13.6 Å². The van der Waals surface area contributed by atoms with E-state index >= 15 is 0 Å². The summed E-state index contributed by atoms with van der Waals surface area (Å²) in [4.78, 5) is 0. The van der Waals surface area contributed by atoms with E-state index in [4.69, 9.17) is 9.88 Å². The van der Waals surface area contributed by atoms with Crippen LogP contribution in [0.4, 0.5) is 0 Å². The lowest BCUT2D eigenvalue weighted by atomic mass is 9.82. The van der Waals surface area contributed by atoms with Crippen LogP contribution in [0.1, 0.15) is 26.3 Å². The summed E-state index contributed by atoms with van der Waals surface area (Å²) in [5.74, 6) is 0.488. The summed E-state index contributed by atoms with van der Waals surface area (Å²) < 4.78 is 29.4. The third-order valence-electron chi connectivity index (χ3n) is 3.24. The molecule has 0 amide bonds. The highest BCUT2D eigenvalue weighted by molar-refractivity contribution is 9.10. The molecule has 114 valence electrons.